The number of benzene rings is 1. The highest BCUT2D eigenvalue weighted by Gasteiger charge is 2.28. The molecular formula is C15H13BrN2O4. The smallest absolute Gasteiger partial charge is 0.287 e. The van der Waals surface area contributed by atoms with Gasteiger partial charge in [-0.15, -0.1) is 0 Å². The standard InChI is InChI=1S/C15H13BrN2O4/c1-9(19)17-12(8-16)13(18(10(2)20)15(17)22)14(21)11-6-4-3-5-7-11/h3-7H,8H2,1-2H3. The molecule has 0 aliphatic rings. The molecule has 0 saturated carbocycles. The molecule has 7 heteroatoms. The number of nitrogens with zero attached hydrogens (tertiary/aromatic N) is 2. The molecule has 6 nitrogen and oxygen atoms in total. The molecule has 0 unspecified atom stereocenters. The Bertz CT molecular complexity index is 818. The average molecular weight is 365 g/mol. The van der Waals surface area contributed by atoms with Crippen molar-refractivity contribution in [1.82, 2.24) is 9.13 Å². The van der Waals surface area contributed by atoms with E-state index in [2.05, 4.69) is 15.9 Å². The number of alkyl halides is 1. The summed E-state index contributed by atoms with van der Waals surface area (Å²) >= 11 is 3.18. The SMILES string of the molecule is CC(=O)n1c(CBr)c(C(=O)c2ccccc2)n(C(C)=O)c1=O. The van der Waals surface area contributed by atoms with E-state index in [-0.39, 0.29) is 16.7 Å². The molecule has 0 amide bonds. The molecule has 1 aromatic carbocycles. The summed E-state index contributed by atoms with van der Waals surface area (Å²) in [5, 5.41) is 0.0933. The van der Waals surface area contributed by atoms with Crippen LogP contribution in [0.25, 0.3) is 0 Å². The van der Waals surface area contributed by atoms with E-state index in [1.54, 1.807) is 30.3 Å². The zero-order valence-corrected chi connectivity index (χ0v) is 13.6. The molecule has 0 fully saturated rings. The zero-order valence-electron chi connectivity index (χ0n) is 12.0. The molecule has 0 N–H and O–H groups in total. The second kappa shape index (κ2) is 6.23. The number of hydrogen-bond acceptors (Lipinski definition) is 4. The van der Waals surface area contributed by atoms with Crippen LogP contribution in [0.15, 0.2) is 35.1 Å². The Labute approximate surface area is 134 Å². The van der Waals surface area contributed by atoms with Crippen LogP contribution in [0.4, 0.5) is 0 Å². The van der Waals surface area contributed by atoms with Gasteiger partial charge in [0.1, 0.15) is 5.69 Å². The van der Waals surface area contributed by atoms with Gasteiger partial charge in [-0.3, -0.25) is 14.4 Å². The third kappa shape index (κ3) is 2.59. The van der Waals surface area contributed by atoms with Gasteiger partial charge >= 0.3 is 5.69 Å². The van der Waals surface area contributed by atoms with E-state index in [1.165, 1.54) is 13.8 Å². The number of aromatic nitrogens is 2. The number of carbonyl (C=O) groups excluding carboxylic acids is 3. The Morgan fingerprint density at radius 3 is 2.00 bits per heavy atom. The largest absolute Gasteiger partial charge is 0.342 e. The maximum absolute atomic E-state index is 12.7. The Morgan fingerprint density at radius 1 is 1.00 bits per heavy atom. The van der Waals surface area contributed by atoms with Crippen LogP contribution in [0.1, 0.15) is 45.2 Å². The summed E-state index contributed by atoms with van der Waals surface area (Å²) in [6.45, 7) is 2.38. The van der Waals surface area contributed by atoms with Crippen molar-refractivity contribution in [3.63, 3.8) is 0 Å². The number of carbonyl (C=O) groups is 3. The molecule has 0 radical (unpaired) electrons. The minimum absolute atomic E-state index is 0.0872. The first-order valence-electron chi connectivity index (χ1n) is 6.44. The Kier molecular flexibility index (Phi) is 4.56. The van der Waals surface area contributed by atoms with Crippen LogP contribution in [0.3, 0.4) is 0 Å². The van der Waals surface area contributed by atoms with Gasteiger partial charge in [-0.2, -0.15) is 0 Å². The van der Waals surface area contributed by atoms with Gasteiger partial charge in [0, 0.05) is 24.7 Å². The summed E-state index contributed by atoms with van der Waals surface area (Å²) < 4.78 is 1.58. The van der Waals surface area contributed by atoms with Crippen molar-refractivity contribution >= 4 is 33.5 Å². The van der Waals surface area contributed by atoms with Crippen molar-refractivity contribution in [2.45, 2.75) is 19.2 Å². The van der Waals surface area contributed by atoms with E-state index in [0.29, 0.717) is 5.56 Å². The van der Waals surface area contributed by atoms with Crippen molar-refractivity contribution in [3.8, 4) is 0 Å². The highest BCUT2D eigenvalue weighted by molar-refractivity contribution is 9.08. The molecule has 0 aliphatic heterocycles. The van der Waals surface area contributed by atoms with Gasteiger partial charge in [0.25, 0.3) is 0 Å². The number of ketones is 1. The highest BCUT2D eigenvalue weighted by Crippen LogP contribution is 2.17. The first-order valence-corrected chi connectivity index (χ1v) is 7.56. The molecule has 1 heterocycles. The minimum atomic E-state index is -0.825. The lowest BCUT2D eigenvalue weighted by atomic mass is 10.1. The summed E-state index contributed by atoms with van der Waals surface area (Å²) in [6.07, 6.45) is 0. The maximum Gasteiger partial charge on any atom is 0.342 e. The maximum atomic E-state index is 12.7. The first kappa shape index (κ1) is 16.1. The van der Waals surface area contributed by atoms with Crippen LogP contribution >= 0.6 is 15.9 Å². The molecule has 1 aromatic heterocycles. The van der Waals surface area contributed by atoms with Crippen molar-refractivity contribution < 1.29 is 14.4 Å². The van der Waals surface area contributed by atoms with Gasteiger partial charge in [0.2, 0.25) is 17.6 Å². The average Bonchev–Trinajstić information content (AvgIpc) is 2.80. The second-order valence-corrected chi connectivity index (χ2v) is 5.18. The van der Waals surface area contributed by atoms with Gasteiger partial charge in [0.05, 0.1) is 5.69 Å². The van der Waals surface area contributed by atoms with Crippen molar-refractivity contribution in [2.24, 2.45) is 0 Å². The van der Waals surface area contributed by atoms with Crippen LogP contribution in [0.5, 0.6) is 0 Å². The van der Waals surface area contributed by atoms with Crippen molar-refractivity contribution in [3.05, 3.63) is 57.8 Å². The highest BCUT2D eigenvalue weighted by atomic mass is 79.9. The van der Waals surface area contributed by atoms with E-state index in [9.17, 15) is 19.2 Å². The molecule has 2 rings (SSSR count). The van der Waals surface area contributed by atoms with E-state index >= 15 is 0 Å². The Morgan fingerprint density at radius 2 is 1.55 bits per heavy atom. The number of halogens is 1. The minimum Gasteiger partial charge on any atom is -0.287 e. The molecular weight excluding hydrogens is 352 g/mol. The predicted molar refractivity (Wildman–Crippen MR) is 83.8 cm³/mol. The monoisotopic (exact) mass is 364 g/mol. The number of hydrogen-bond donors (Lipinski definition) is 0. The van der Waals surface area contributed by atoms with Crippen molar-refractivity contribution in [1.29, 1.82) is 0 Å². The van der Waals surface area contributed by atoms with Crippen LogP contribution in [0.2, 0.25) is 0 Å². The summed E-state index contributed by atoms with van der Waals surface area (Å²) in [6, 6.07) is 8.28. The van der Waals surface area contributed by atoms with E-state index < -0.39 is 23.3 Å². The number of imidazole rings is 1. The fourth-order valence-corrected chi connectivity index (χ4v) is 2.76. The molecule has 0 saturated heterocycles. The van der Waals surface area contributed by atoms with E-state index in [0.717, 1.165) is 9.13 Å². The molecule has 0 aliphatic carbocycles. The van der Waals surface area contributed by atoms with Crippen LogP contribution < -0.4 is 5.69 Å². The van der Waals surface area contributed by atoms with Crippen LogP contribution in [0, 0.1) is 0 Å². The third-order valence-electron chi connectivity index (χ3n) is 3.16. The third-order valence-corrected chi connectivity index (χ3v) is 3.69. The summed E-state index contributed by atoms with van der Waals surface area (Å²) in [5.74, 6) is -1.66. The second-order valence-electron chi connectivity index (χ2n) is 4.62. The fourth-order valence-electron chi connectivity index (χ4n) is 2.24. The lowest BCUT2D eigenvalue weighted by molar-refractivity contribution is 0.0905. The van der Waals surface area contributed by atoms with E-state index in [4.69, 9.17) is 0 Å². The Hall–Kier alpha value is -2.28. The first-order chi connectivity index (χ1) is 10.4. The lowest BCUT2D eigenvalue weighted by Crippen LogP contribution is -2.31. The predicted octanol–water partition coefficient (Wildman–Crippen LogP) is 2.10. The van der Waals surface area contributed by atoms with Gasteiger partial charge in [-0.05, 0) is 0 Å². The number of rotatable bonds is 3. The molecule has 22 heavy (non-hydrogen) atoms. The summed E-state index contributed by atoms with van der Waals surface area (Å²) in [4.78, 5) is 48.5. The molecule has 114 valence electrons. The summed E-state index contributed by atoms with van der Waals surface area (Å²) in [5.41, 5.74) is -0.411. The Balaban J connectivity index is 2.82. The van der Waals surface area contributed by atoms with Gasteiger partial charge in [-0.25, -0.2) is 13.9 Å². The van der Waals surface area contributed by atoms with Gasteiger partial charge in [-0.1, -0.05) is 46.3 Å². The van der Waals surface area contributed by atoms with Crippen molar-refractivity contribution in [2.75, 3.05) is 0 Å². The topological polar surface area (TPSA) is 78.1 Å². The molecule has 0 atom stereocenters. The van der Waals surface area contributed by atoms with Crippen LogP contribution in [-0.4, -0.2) is 26.7 Å². The fraction of sp³-hybridized carbons (Fsp3) is 0.200. The quantitative estimate of drug-likeness (QED) is 0.617. The van der Waals surface area contributed by atoms with Gasteiger partial charge < -0.3 is 0 Å². The molecule has 0 spiro atoms. The van der Waals surface area contributed by atoms with Gasteiger partial charge in [0.15, 0.2) is 0 Å². The zero-order chi connectivity index (χ0) is 16.4. The molecule has 0 bridgehead atoms. The van der Waals surface area contributed by atoms with E-state index in [1.807, 2.05) is 0 Å². The van der Waals surface area contributed by atoms with Crippen LogP contribution in [-0.2, 0) is 5.33 Å². The lowest BCUT2D eigenvalue weighted by Gasteiger charge is -2.05. The molecule has 2 aromatic rings. The summed E-state index contributed by atoms with van der Waals surface area (Å²) in [7, 11) is 0. The normalized spacial score (nSPS) is 10.5.